The van der Waals surface area contributed by atoms with E-state index in [1.165, 1.54) is 45.2 Å². The third-order valence-electron chi connectivity index (χ3n) is 3.70. The maximum absolute atomic E-state index is 5.54. The van der Waals surface area contributed by atoms with Gasteiger partial charge < -0.3 is 10.1 Å². The molecule has 0 unspecified atom stereocenters. The smallest absolute Gasteiger partial charge is 0.0590 e. The molecule has 1 aliphatic rings. The predicted molar refractivity (Wildman–Crippen MR) is 82.6 cm³/mol. The first kappa shape index (κ1) is 16.9. The molecule has 1 aliphatic carbocycles. The fraction of sp³-hybridized carbons (Fsp3) is 1.00. The molecule has 1 N–H and O–H groups in total. The summed E-state index contributed by atoms with van der Waals surface area (Å²) in [5, 5.41) is 3.50. The Kier molecular flexibility index (Phi) is 9.48. The summed E-state index contributed by atoms with van der Waals surface area (Å²) in [4.78, 5) is 2.67. The SMILES string of the molecule is CCCCOCCNCCN(CCC(C)C)C1CC1. The van der Waals surface area contributed by atoms with Crippen molar-refractivity contribution in [1.29, 1.82) is 0 Å². The molecule has 0 atom stereocenters. The van der Waals surface area contributed by atoms with Crippen molar-refractivity contribution in [2.24, 2.45) is 5.92 Å². The molecule has 0 aromatic carbocycles. The molecule has 19 heavy (non-hydrogen) atoms. The van der Waals surface area contributed by atoms with Crippen molar-refractivity contribution in [2.75, 3.05) is 39.4 Å². The maximum atomic E-state index is 5.54. The van der Waals surface area contributed by atoms with Gasteiger partial charge in [-0.2, -0.15) is 0 Å². The van der Waals surface area contributed by atoms with Crippen molar-refractivity contribution >= 4 is 0 Å². The first-order valence-corrected chi connectivity index (χ1v) is 8.26. The number of rotatable bonds is 13. The Morgan fingerprint density at radius 3 is 2.58 bits per heavy atom. The second kappa shape index (κ2) is 10.6. The summed E-state index contributed by atoms with van der Waals surface area (Å²) in [7, 11) is 0. The van der Waals surface area contributed by atoms with Gasteiger partial charge in [0.1, 0.15) is 0 Å². The largest absolute Gasteiger partial charge is 0.380 e. The van der Waals surface area contributed by atoms with Gasteiger partial charge in [-0.3, -0.25) is 4.90 Å². The highest BCUT2D eigenvalue weighted by atomic mass is 16.5. The van der Waals surface area contributed by atoms with Crippen LogP contribution in [0.4, 0.5) is 0 Å². The molecule has 114 valence electrons. The van der Waals surface area contributed by atoms with Crippen molar-refractivity contribution < 1.29 is 4.74 Å². The molecule has 0 spiro atoms. The van der Waals surface area contributed by atoms with E-state index in [-0.39, 0.29) is 0 Å². The lowest BCUT2D eigenvalue weighted by Crippen LogP contribution is -2.36. The molecule has 0 radical (unpaired) electrons. The summed E-state index contributed by atoms with van der Waals surface area (Å²) >= 11 is 0. The molecule has 0 aromatic heterocycles. The second-order valence-corrected chi connectivity index (χ2v) is 6.17. The average molecular weight is 270 g/mol. The monoisotopic (exact) mass is 270 g/mol. The van der Waals surface area contributed by atoms with Gasteiger partial charge in [0.05, 0.1) is 6.61 Å². The Morgan fingerprint density at radius 1 is 1.16 bits per heavy atom. The third kappa shape index (κ3) is 9.42. The van der Waals surface area contributed by atoms with Crippen LogP contribution in [0.2, 0.25) is 0 Å². The van der Waals surface area contributed by atoms with Crippen LogP contribution >= 0.6 is 0 Å². The Balaban J connectivity index is 1.93. The standard InChI is InChI=1S/C16H34N2O/c1-4-5-13-19-14-10-17-9-12-18(16-6-7-16)11-8-15(2)3/h15-17H,4-14H2,1-3H3. The Morgan fingerprint density at radius 2 is 1.95 bits per heavy atom. The zero-order chi connectivity index (χ0) is 13.9. The van der Waals surface area contributed by atoms with Gasteiger partial charge in [0.15, 0.2) is 0 Å². The van der Waals surface area contributed by atoms with Gasteiger partial charge in [-0.15, -0.1) is 0 Å². The summed E-state index contributed by atoms with van der Waals surface area (Å²) in [6, 6.07) is 0.890. The van der Waals surface area contributed by atoms with Crippen LogP contribution in [0.1, 0.15) is 52.9 Å². The van der Waals surface area contributed by atoms with Crippen LogP contribution in [0.3, 0.4) is 0 Å². The minimum atomic E-state index is 0.821. The number of nitrogens with one attached hydrogen (secondary N) is 1. The maximum Gasteiger partial charge on any atom is 0.0590 e. The van der Waals surface area contributed by atoms with Gasteiger partial charge in [-0.05, 0) is 38.1 Å². The fourth-order valence-corrected chi connectivity index (χ4v) is 2.18. The van der Waals surface area contributed by atoms with E-state index in [4.69, 9.17) is 4.74 Å². The van der Waals surface area contributed by atoms with E-state index >= 15 is 0 Å². The van der Waals surface area contributed by atoms with Crippen molar-refractivity contribution in [3.05, 3.63) is 0 Å². The molecule has 3 heteroatoms. The highest BCUT2D eigenvalue weighted by Crippen LogP contribution is 2.26. The molecule has 0 heterocycles. The number of hydrogen-bond donors (Lipinski definition) is 1. The molecule has 3 nitrogen and oxygen atoms in total. The van der Waals surface area contributed by atoms with Gasteiger partial charge in [0.2, 0.25) is 0 Å². The van der Waals surface area contributed by atoms with Gasteiger partial charge in [-0.25, -0.2) is 0 Å². The van der Waals surface area contributed by atoms with Crippen LogP contribution in [0.25, 0.3) is 0 Å². The molecule has 0 aliphatic heterocycles. The van der Waals surface area contributed by atoms with Crippen LogP contribution in [-0.2, 0) is 4.74 Å². The fourth-order valence-electron chi connectivity index (χ4n) is 2.18. The number of unbranched alkanes of at least 4 members (excludes halogenated alkanes) is 1. The van der Waals surface area contributed by atoms with Gasteiger partial charge in [-0.1, -0.05) is 27.2 Å². The van der Waals surface area contributed by atoms with Crippen molar-refractivity contribution in [3.63, 3.8) is 0 Å². The highest BCUT2D eigenvalue weighted by Gasteiger charge is 2.28. The summed E-state index contributed by atoms with van der Waals surface area (Å²) < 4.78 is 5.54. The van der Waals surface area contributed by atoms with Gasteiger partial charge >= 0.3 is 0 Å². The molecule has 0 bridgehead atoms. The van der Waals surface area contributed by atoms with Crippen LogP contribution in [0, 0.1) is 5.92 Å². The lowest BCUT2D eigenvalue weighted by molar-refractivity contribution is 0.132. The van der Waals surface area contributed by atoms with Crippen molar-refractivity contribution in [3.8, 4) is 0 Å². The average Bonchev–Trinajstić information content (AvgIpc) is 3.20. The topological polar surface area (TPSA) is 24.5 Å². The van der Waals surface area contributed by atoms with E-state index in [1.807, 2.05) is 0 Å². The quantitative estimate of drug-likeness (QED) is 0.521. The summed E-state index contributed by atoms with van der Waals surface area (Å²) in [6.45, 7) is 13.2. The first-order chi connectivity index (χ1) is 9.24. The van der Waals surface area contributed by atoms with E-state index in [9.17, 15) is 0 Å². The van der Waals surface area contributed by atoms with Gasteiger partial charge in [0, 0.05) is 32.3 Å². The molecule has 0 aromatic rings. The molecule has 0 amide bonds. The molecular weight excluding hydrogens is 236 g/mol. The highest BCUT2D eigenvalue weighted by molar-refractivity contribution is 4.84. The van der Waals surface area contributed by atoms with Crippen LogP contribution in [-0.4, -0.2) is 50.3 Å². The van der Waals surface area contributed by atoms with E-state index in [0.717, 1.165) is 38.3 Å². The van der Waals surface area contributed by atoms with Crippen LogP contribution in [0.15, 0.2) is 0 Å². The Bertz CT molecular complexity index is 205. The first-order valence-electron chi connectivity index (χ1n) is 8.26. The molecule has 0 saturated heterocycles. The minimum absolute atomic E-state index is 0.821. The van der Waals surface area contributed by atoms with Crippen LogP contribution < -0.4 is 5.32 Å². The van der Waals surface area contributed by atoms with Crippen LogP contribution in [0.5, 0.6) is 0 Å². The second-order valence-electron chi connectivity index (χ2n) is 6.17. The molecule has 1 rings (SSSR count). The van der Waals surface area contributed by atoms with E-state index in [2.05, 4.69) is 31.0 Å². The number of nitrogens with zero attached hydrogens (tertiary/aromatic N) is 1. The summed E-state index contributed by atoms with van der Waals surface area (Å²) in [6.07, 6.45) is 6.57. The third-order valence-corrected chi connectivity index (χ3v) is 3.70. The summed E-state index contributed by atoms with van der Waals surface area (Å²) in [5.74, 6) is 0.821. The van der Waals surface area contributed by atoms with Crippen molar-refractivity contribution in [1.82, 2.24) is 10.2 Å². The van der Waals surface area contributed by atoms with Crippen molar-refractivity contribution in [2.45, 2.75) is 58.9 Å². The van der Waals surface area contributed by atoms with E-state index in [1.54, 1.807) is 0 Å². The Hall–Kier alpha value is -0.120. The normalized spacial score (nSPS) is 15.6. The van der Waals surface area contributed by atoms with E-state index < -0.39 is 0 Å². The summed E-state index contributed by atoms with van der Waals surface area (Å²) in [5.41, 5.74) is 0. The minimum Gasteiger partial charge on any atom is -0.380 e. The lowest BCUT2D eigenvalue weighted by Gasteiger charge is -2.23. The Labute approximate surface area is 120 Å². The molecule has 1 saturated carbocycles. The zero-order valence-electron chi connectivity index (χ0n) is 13.3. The van der Waals surface area contributed by atoms with E-state index in [0.29, 0.717) is 0 Å². The predicted octanol–water partition coefficient (Wildman–Crippen LogP) is 2.90. The number of hydrogen-bond acceptors (Lipinski definition) is 3. The molecular formula is C16H34N2O. The number of ether oxygens (including phenoxy) is 1. The lowest BCUT2D eigenvalue weighted by atomic mass is 10.1. The zero-order valence-corrected chi connectivity index (χ0v) is 13.3. The van der Waals surface area contributed by atoms with Gasteiger partial charge in [0.25, 0.3) is 0 Å². The molecule has 1 fully saturated rings.